The monoisotopic (exact) mass is 279 g/mol. The number of ether oxygens (including phenoxy) is 2. The summed E-state index contributed by atoms with van der Waals surface area (Å²) in [6.45, 7) is 3.29. The van der Waals surface area contributed by atoms with Gasteiger partial charge in [-0.1, -0.05) is 12.1 Å². The van der Waals surface area contributed by atoms with Crippen LogP contribution in [-0.4, -0.2) is 51.2 Å². The second-order valence-corrected chi connectivity index (χ2v) is 4.71. The fourth-order valence-electron chi connectivity index (χ4n) is 1.91. The number of hydrogen-bond donors (Lipinski definition) is 2. The molecular weight excluding hydrogens is 254 g/mol. The van der Waals surface area contributed by atoms with E-state index in [0.29, 0.717) is 13.0 Å². The SMILES string of the molecule is COCCN(CCC(=N)N)CCc1ccc(OC)cc1. The Morgan fingerprint density at radius 3 is 2.40 bits per heavy atom. The van der Waals surface area contributed by atoms with Crippen molar-refractivity contribution in [2.45, 2.75) is 12.8 Å². The van der Waals surface area contributed by atoms with E-state index in [2.05, 4.69) is 17.0 Å². The van der Waals surface area contributed by atoms with E-state index in [1.807, 2.05) is 12.1 Å². The topological polar surface area (TPSA) is 71.6 Å². The average molecular weight is 279 g/mol. The largest absolute Gasteiger partial charge is 0.497 e. The molecule has 1 aromatic carbocycles. The van der Waals surface area contributed by atoms with Crippen LogP contribution in [0.4, 0.5) is 0 Å². The van der Waals surface area contributed by atoms with Gasteiger partial charge >= 0.3 is 0 Å². The van der Waals surface area contributed by atoms with Crippen molar-refractivity contribution in [2.24, 2.45) is 5.73 Å². The highest BCUT2D eigenvalue weighted by Crippen LogP contribution is 2.12. The van der Waals surface area contributed by atoms with Gasteiger partial charge in [0.2, 0.25) is 0 Å². The summed E-state index contributed by atoms with van der Waals surface area (Å²) in [6.07, 6.45) is 1.57. The predicted octanol–water partition coefficient (Wildman–Crippen LogP) is 1.51. The van der Waals surface area contributed by atoms with E-state index < -0.39 is 0 Å². The summed E-state index contributed by atoms with van der Waals surface area (Å²) < 4.78 is 10.3. The van der Waals surface area contributed by atoms with Gasteiger partial charge in [-0.2, -0.15) is 0 Å². The molecule has 0 bridgehead atoms. The zero-order valence-corrected chi connectivity index (χ0v) is 12.4. The van der Waals surface area contributed by atoms with Crippen molar-refractivity contribution in [1.29, 1.82) is 5.41 Å². The van der Waals surface area contributed by atoms with Crippen LogP contribution in [0.5, 0.6) is 5.75 Å². The zero-order chi connectivity index (χ0) is 14.8. The maximum atomic E-state index is 7.31. The lowest BCUT2D eigenvalue weighted by Gasteiger charge is -2.21. The quantitative estimate of drug-likeness (QED) is 0.503. The molecule has 0 aliphatic heterocycles. The minimum absolute atomic E-state index is 0.233. The van der Waals surface area contributed by atoms with Gasteiger partial charge in [0.25, 0.3) is 0 Å². The highest BCUT2D eigenvalue weighted by molar-refractivity contribution is 5.76. The molecule has 5 nitrogen and oxygen atoms in total. The molecule has 0 fully saturated rings. The minimum Gasteiger partial charge on any atom is -0.497 e. The Balaban J connectivity index is 2.44. The molecule has 0 amide bonds. The van der Waals surface area contributed by atoms with Gasteiger partial charge < -0.3 is 20.1 Å². The second kappa shape index (κ2) is 9.34. The first-order valence-corrected chi connectivity index (χ1v) is 6.83. The number of rotatable bonds is 10. The maximum Gasteiger partial charge on any atom is 0.118 e. The van der Waals surface area contributed by atoms with Crippen molar-refractivity contribution < 1.29 is 9.47 Å². The summed E-state index contributed by atoms with van der Waals surface area (Å²) in [6, 6.07) is 8.12. The van der Waals surface area contributed by atoms with E-state index >= 15 is 0 Å². The lowest BCUT2D eigenvalue weighted by molar-refractivity contribution is 0.150. The van der Waals surface area contributed by atoms with Gasteiger partial charge in [-0.25, -0.2) is 0 Å². The molecule has 0 aromatic heterocycles. The fraction of sp³-hybridized carbons (Fsp3) is 0.533. The van der Waals surface area contributed by atoms with Crippen LogP contribution in [-0.2, 0) is 11.2 Å². The Bertz CT molecular complexity index is 393. The van der Waals surface area contributed by atoms with Crippen LogP contribution >= 0.6 is 0 Å². The molecule has 0 heterocycles. The predicted molar refractivity (Wildman–Crippen MR) is 81.5 cm³/mol. The highest BCUT2D eigenvalue weighted by atomic mass is 16.5. The zero-order valence-electron chi connectivity index (χ0n) is 12.4. The molecule has 1 rings (SSSR count). The Labute approximate surface area is 121 Å². The van der Waals surface area contributed by atoms with Crippen LogP contribution in [0, 0.1) is 5.41 Å². The fourth-order valence-corrected chi connectivity index (χ4v) is 1.91. The van der Waals surface area contributed by atoms with Gasteiger partial charge in [-0.15, -0.1) is 0 Å². The number of methoxy groups -OCH3 is 2. The molecule has 3 N–H and O–H groups in total. The summed E-state index contributed by atoms with van der Waals surface area (Å²) in [5, 5.41) is 7.31. The lowest BCUT2D eigenvalue weighted by Crippen LogP contribution is -2.32. The molecule has 0 radical (unpaired) electrons. The molecular formula is C15H25N3O2. The third-order valence-electron chi connectivity index (χ3n) is 3.18. The van der Waals surface area contributed by atoms with Crippen molar-refractivity contribution >= 4 is 5.84 Å². The Hall–Kier alpha value is -1.59. The van der Waals surface area contributed by atoms with E-state index in [0.717, 1.165) is 31.8 Å². The van der Waals surface area contributed by atoms with Gasteiger partial charge in [-0.05, 0) is 24.1 Å². The van der Waals surface area contributed by atoms with Crippen LogP contribution in [0.15, 0.2) is 24.3 Å². The van der Waals surface area contributed by atoms with Crippen molar-refractivity contribution in [3.8, 4) is 5.75 Å². The summed E-state index contributed by atoms with van der Waals surface area (Å²) in [4.78, 5) is 2.27. The molecule has 5 heteroatoms. The summed E-state index contributed by atoms with van der Waals surface area (Å²) in [5.41, 5.74) is 6.69. The average Bonchev–Trinajstić information content (AvgIpc) is 2.46. The van der Waals surface area contributed by atoms with E-state index in [1.54, 1.807) is 14.2 Å². The normalized spacial score (nSPS) is 10.8. The van der Waals surface area contributed by atoms with Crippen LogP contribution in [0.3, 0.4) is 0 Å². The van der Waals surface area contributed by atoms with Crippen molar-refractivity contribution in [1.82, 2.24) is 4.90 Å². The minimum atomic E-state index is 0.233. The number of amidine groups is 1. The maximum absolute atomic E-state index is 7.31. The third-order valence-corrected chi connectivity index (χ3v) is 3.18. The van der Waals surface area contributed by atoms with Crippen LogP contribution in [0.1, 0.15) is 12.0 Å². The number of nitrogens with zero attached hydrogens (tertiary/aromatic N) is 1. The molecule has 20 heavy (non-hydrogen) atoms. The standard InChI is InChI=1S/C15H25N3O2/c1-19-12-11-18(10-8-15(16)17)9-7-13-3-5-14(20-2)6-4-13/h3-6H,7-12H2,1-2H3,(H3,16,17). The van der Waals surface area contributed by atoms with Gasteiger partial charge in [0.15, 0.2) is 0 Å². The molecule has 0 atom stereocenters. The van der Waals surface area contributed by atoms with Crippen LogP contribution < -0.4 is 10.5 Å². The smallest absolute Gasteiger partial charge is 0.118 e. The molecule has 0 saturated carbocycles. The highest BCUT2D eigenvalue weighted by Gasteiger charge is 2.06. The van der Waals surface area contributed by atoms with Gasteiger partial charge in [0.05, 0.1) is 19.6 Å². The van der Waals surface area contributed by atoms with Gasteiger partial charge in [-0.3, -0.25) is 5.41 Å². The van der Waals surface area contributed by atoms with E-state index in [-0.39, 0.29) is 5.84 Å². The Morgan fingerprint density at radius 2 is 1.85 bits per heavy atom. The lowest BCUT2D eigenvalue weighted by atomic mass is 10.1. The van der Waals surface area contributed by atoms with Crippen molar-refractivity contribution in [2.75, 3.05) is 40.5 Å². The van der Waals surface area contributed by atoms with Gasteiger partial charge in [0, 0.05) is 33.2 Å². The molecule has 0 spiro atoms. The molecule has 0 unspecified atom stereocenters. The van der Waals surface area contributed by atoms with Crippen LogP contribution in [0.25, 0.3) is 0 Å². The summed E-state index contributed by atoms with van der Waals surface area (Å²) in [5.74, 6) is 1.11. The number of nitrogens with one attached hydrogen (secondary N) is 1. The summed E-state index contributed by atoms with van der Waals surface area (Å²) >= 11 is 0. The summed E-state index contributed by atoms with van der Waals surface area (Å²) in [7, 11) is 3.37. The molecule has 0 aliphatic rings. The first-order valence-electron chi connectivity index (χ1n) is 6.83. The molecule has 112 valence electrons. The van der Waals surface area contributed by atoms with E-state index in [4.69, 9.17) is 20.6 Å². The molecule has 0 saturated heterocycles. The van der Waals surface area contributed by atoms with Crippen molar-refractivity contribution in [3.05, 3.63) is 29.8 Å². The van der Waals surface area contributed by atoms with Crippen molar-refractivity contribution in [3.63, 3.8) is 0 Å². The number of nitrogens with two attached hydrogens (primary N) is 1. The first kappa shape index (κ1) is 16.5. The van der Waals surface area contributed by atoms with E-state index in [9.17, 15) is 0 Å². The number of benzene rings is 1. The van der Waals surface area contributed by atoms with E-state index in [1.165, 1.54) is 5.56 Å². The Morgan fingerprint density at radius 1 is 1.15 bits per heavy atom. The first-order chi connectivity index (χ1) is 9.65. The molecule has 0 aliphatic carbocycles. The Kier molecular flexibility index (Phi) is 7.69. The van der Waals surface area contributed by atoms with Crippen LogP contribution in [0.2, 0.25) is 0 Å². The molecule has 1 aromatic rings. The second-order valence-electron chi connectivity index (χ2n) is 4.71. The third kappa shape index (κ3) is 6.54. The number of hydrogen-bond acceptors (Lipinski definition) is 4. The van der Waals surface area contributed by atoms with Gasteiger partial charge in [0.1, 0.15) is 5.75 Å².